The second-order valence-electron chi connectivity index (χ2n) is 6.28. The minimum absolute atomic E-state index is 0.154. The fourth-order valence-corrected chi connectivity index (χ4v) is 2.79. The molecule has 0 amide bonds. The quantitative estimate of drug-likeness (QED) is 0.470. The summed E-state index contributed by atoms with van der Waals surface area (Å²) < 4.78 is 11.2. The average Bonchev–Trinajstić information content (AvgIpc) is 2.64. The molecular weight excluding hydrogens is 296 g/mol. The van der Waals surface area contributed by atoms with Gasteiger partial charge in [-0.25, -0.2) is 0 Å². The molecule has 24 heavy (non-hydrogen) atoms. The van der Waals surface area contributed by atoms with E-state index in [1.165, 1.54) is 42.4 Å². The van der Waals surface area contributed by atoms with Gasteiger partial charge in [0.05, 0.1) is 13.2 Å². The number of hydrogen-bond acceptors (Lipinski definition) is 2. The van der Waals surface area contributed by atoms with Crippen molar-refractivity contribution in [2.24, 2.45) is 0 Å². The van der Waals surface area contributed by atoms with Crippen molar-refractivity contribution in [3.05, 3.63) is 54.1 Å². The molecule has 0 spiro atoms. The van der Waals surface area contributed by atoms with Gasteiger partial charge in [-0.05, 0) is 42.2 Å². The monoisotopic (exact) mass is 326 g/mol. The first-order valence-electron chi connectivity index (χ1n) is 9.10. The van der Waals surface area contributed by atoms with Crippen LogP contribution in [0.3, 0.4) is 0 Å². The third-order valence-corrected chi connectivity index (χ3v) is 4.42. The van der Waals surface area contributed by atoms with Gasteiger partial charge in [0.15, 0.2) is 0 Å². The highest BCUT2D eigenvalue weighted by Crippen LogP contribution is 2.25. The molecule has 0 saturated carbocycles. The highest BCUT2D eigenvalue weighted by Gasteiger charge is 2.06. The molecule has 0 radical (unpaired) electrons. The SMILES string of the molecule is CCCCCCCOC(C)c1ccc(-c2ccc(OC)cc2)cc1. The lowest BCUT2D eigenvalue weighted by molar-refractivity contribution is 0.0627. The molecule has 0 aliphatic rings. The zero-order valence-corrected chi connectivity index (χ0v) is 15.3. The van der Waals surface area contributed by atoms with Crippen LogP contribution in [0.1, 0.15) is 57.6 Å². The van der Waals surface area contributed by atoms with E-state index in [1.807, 2.05) is 12.1 Å². The molecule has 130 valence electrons. The number of rotatable bonds is 10. The smallest absolute Gasteiger partial charge is 0.118 e. The maximum absolute atomic E-state index is 5.97. The fraction of sp³-hybridized carbons (Fsp3) is 0.455. The topological polar surface area (TPSA) is 18.5 Å². The van der Waals surface area contributed by atoms with Gasteiger partial charge >= 0.3 is 0 Å². The van der Waals surface area contributed by atoms with Gasteiger partial charge in [0, 0.05) is 6.61 Å². The van der Waals surface area contributed by atoms with Crippen LogP contribution in [0.2, 0.25) is 0 Å². The number of ether oxygens (including phenoxy) is 2. The first-order valence-corrected chi connectivity index (χ1v) is 9.10. The molecule has 0 bridgehead atoms. The van der Waals surface area contributed by atoms with Crippen LogP contribution in [0.25, 0.3) is 11.1 Å². The summed E-state index contributed by atoms with van der Waals surface area (Å²) >= 11 is 0. The van der Waals surface area contributed by atoms with Crippen LogP contribution in [0.15, 0.2) is 48.5 Å². The lowest BCUT2D eigenvalue weighted by atomic mass is 10.0. The molecule has 2 heteroatoms. The van der Waals surface area contributed by atoms with Crippen molar-refractivity contribution in [2.45, 2.75) is 52.1 Å². The molecule has 0 saturated heterocycles. The molecule has 0 fully saturated rings. The van der Waals surface area contributed by atoms with Gasteiger partial charge in [0.1, 0.15) is 5.75 Å². The fourth-order valence-electron chi connectivity index (χ4n) is 2.79. The van der Waals surface area contributed by atoms with Crippen molar-refractivity contribution in [2.75, 3.05) is 13.7 Å². The Balaban J connectivity index is 1.84. The first kappa shape index (κ1) is 18.5. The predicted octanol–water partition coefficient (Wildman–Crippen LogP) is 6.41. The van der Waals surface area contributed by atoms with E-state index in [1.54, 1.807) is 7.11 Å². The Kier molecular flexibility index (Phi) is 7.84. The number of benzene rings is 2. The molecular formula is C22H30O2. The van der Waals surface area contributed by atoms with E-state index in [0.29, 0.717) is 0 Å². The summed E-state index contributed by atoms with van der Waals surface area (Å²) in [6, 6.07) is 16.8. The van der Waals surface area contributed by atoms with E-state index in [-0.39, 0.29) is 6.10 Å². The third-order valence-electron chi connectivity index (χ3n) is 4.42. The number of hydrogen-bond donors (Lipinski definition) is 0. The van der Waals surface area contributed by atoms with Crippen molar-refractivity contribution < 1.29 is 9.47 Å². The van der Waals surface area contributed by atoms with Gasteiger partial charge in [-0.15, -0.1) is 0 Å². The third kappa shape index (κ3) is 5.68. The molecule has 0 N–H and O–H groups in total. The van der Waals surface area contributed by atoms with Crippen molar-refractivity contribution in [1.29, 1.82) is 0 Å². The van der Waals surface area contributed by atoms with Gasteiger partial charge in [0.2, 0.25) is 0 Å². The van der Waals surface area contributed by atoms with E-state index in [9.17, 15) is 0 Å². The van der Waals surface area contributed by atoms with Crippen LogP contribution < -0.4 is 4.74 Å². The highest BCUT2D eigenvalue weighted by atomic mass is 16.5. The van der Waals surface area contributed by atoms with Crippen LogP contribution in [0, 0.1) is 0 Å². The Bertz CT molecular complexity index is 572. The van der Waals surface area contributed by atoms with Crippen molar-refractivity contribution in [3.63, 3.8) is 0 Å². The summed E-state index contributed by atoms with van der Waals surface area (Å²) in [6.45, 7) is 5.23. The Morgan fingerprint density at radius 3 is 1.96 bits per heavy atom. The maximum Gasteiger partial charge on any atom is 0.118 e. The molecule has 0 aliphatic carbocycles. The Labute approximate surface area is 146 Å². The molecule has 1 unspecified atom stereocenters. The van der Waals surface area contributed by atoms with Gasteiger partial charge in [-0.1, -0.05) is 69.0 Å². The summed E-state index contributed by atoms with van der Waals surface area (Å²) in [4.78, 5) is 0. The van der Waals surface area contributed by atoms with Gasteiger partial charge in [-0.2, -0.15) is 0 Å². The van der Waals surface area contributed by atoms with Crippen molar-refractivity contribution >= 4 is 0 Å². The molecule has 0 aliphatic heterocycles. The minimum atomic E-state index is 0.154. The van der Waals surface area contributed by atoms with Crippen molar-refractivity contribution in [3.8, 4) is 16.9 Å². The van der Waals surface area contributed by atoms with Crippen LogP contribution in [-0.4, -0.2) is 13.7 Å². The lowest BCUT2D eigenvalue weighted by Gasteiger charge is -2.14. The Morgan fingerprint density at radius 2 is 1.38 bits per heavy atom. The molecule has 2 aromatic carbocycles. The summed E-state index contributed by atoms with van der Waals surface area (Å²) in [5, 5.41) is 0. The van der Waals surface area contributed by atoms with Crippen LogP contribution >= 0.6 is 0 Å². The standard InChI is InChI=1S/C22H30O2/c1-4-5-6-7-8-17-24-18(2)19-9-11-20(12-10-19)21-13-15-22(23-3)16-14-21/h9-16,18H,4-8,17H2,1-3H3. The summed E-state index contributed by atoms with van der Waals surface area (Å²) in [5.74, 6) is 0.885. The molecule has 2 nitrogen and oxygen atoms in total. The van der Waals surface area contributed by atoms with Crippen LogP contribution in [0.5, 0.6) is 5.75 Å². The number of methoxy groups -OCH3 is 1. The van der Waals surface area contributed by atoms with E-state index >= 15 is 0 Å². The largest absolute Gasteiger partial charge is 0.497 e. The zero-order valence-electron chi connectivity index (χ0n) is 15.3. The van der Waals surface area contributed by atoms with E-state index in [4.69, 9.17) is 9.47 Å². The van der Waals surface area contributed by atoms with Crippen LogP contribution in [-0.2, 0) is 4.74 Å². The molecule has 2 aromatic rings. The molecule has 0 heterocycles. The summed E-state index contributed by atoms with van der Waals surface area (Å²) in [7, 11) is 1.69. The van der Waals surface area contributed by atoms with E-state index in [2.05, 4.69) is 50.2 Å². The first-order chi connectivity index (χ1) is 11.7. The Hall–Kier alpha value is -1.80. The second-order valence-corrected chi connectivity index (χ2v) is 6.28. The summed E-state index contributed by atoms with van der Waals surface area (Å²) in [6.07, 6.45) is 6.54. The number of unbranched alkanes of at least 4 members (excludes halogenated alkanes) is 4. The molecule has 2 rings (SSSR count). The average molecular weight is 326 g/mol. The predicted molar refractivity (Wildman–Crippen MR) is 102 cm³/mol. The van der Waals surface area contributed by atoms with Crippen LogP contribution in [0.4, 0.5) is 0 Å². The second kappa shape index (κ2) is 10.1. The van der Waals surface area contributed by atoms with Gasteiger partial charge in [0.25, 0.3) is 0 Å². The van der Waals surface area contributed by atoms with E-state index < -0.39 is 0 Å². The van der Waals surface area contributed by atoms with Crippen molar-refractivity contribution in [1.82, 2.24) is 0 Å². The zero-order chi connectivity index (χ0) is 17.2. The molecule has 1 atom stereocenters. The molecule has 0 aromatic heterocycles. The highest BCUT2D eigenvalue weighted by molar-refractivity contribution is 5.64. The maximum atomic E-state index is 5.97. The minimum Gasteiger partial charge on any atom is -0.497 e. The van der Waals surface area contributed by atoms with E-state index in [0.717, 1.165) is 18.8 Å². The summed E-state index contributed by atoms with van der Waals surface area (Å²) in [5.41, 5.74) is 3.65. The lowest BCUT2D eigenvalue weighted by Crippen LogP contribution is -2.01. The van der Waals surface area contributed by atoms with Gasteiger partial charge in [-0.3, -0.25) is 0 Å². The normalized spacial score (nSPS) is 12.1. The Morgan fingerprint density at radius 1 is 0.792 bits per heavy atom. The van der Waals surface area contributed by atoms with Gasteiger partial charge < -0.3 is 9.47 Å².